The van der Waals surface area contributed by atoms with Gasteiger partial charge in [0.25, 0.3) is 0 Å². The molecule has 2 heterocycles. The molecular weight excluding hydrogens is 338 g/mol. The molecule has 3 rings (SSSR count). The molecule has 1 amide bonds. The van der Waals surface area contributed by atoms with Crippen LogP contribution in [0.2, 0.25) is 0 Å². The number of nitrogens with one attached hydrogen (secondary N) is 1. The Hall–Kier alpha value is -2.06. The zero-order chi connectivity index (χ0) is 17.6. The van der Waals surface area contributed by atoms with E-state index in [1.807, 2.05) is 42.7 Å². The summed E-state index contributed by atoms with van der Waals surface area (Å²) >= 11 is 1.41. The van der Waals surface area contributed by atoms with Crippen LogP contribution in [0.5, 0.6) is 0 Å². The van der Waals surface area contributed by atoms with Crippen LogP contribution in [0, 0.1) is 0 Å². The monoisotopic (exact) mass is 361 g/mol. The lowest BCUT2D eigenvalue weighted by Crippen LogP contribution is -2.36. The van der Waals surface area contributed by atoms with Gasteiger partial charge in [0.15, 0.2) is 5.16 Å². The first kappa shape index (κ1) is 17.8. The van der Waals surface area contributed by atoms with Crippen molar-refractivity contribution in [1.29, 1.82) is 0 Å². The molecule has 25 heavy (non-hydrogen) atoms. The number of rotatable bonds is 6. The molecule has 0 aliphatic carbocycles. The van der Waals surface area contributed by atoms with Crippen molar-refractivity contribution in [2.75, 3.05) is 36.5 Å². The molecule has 134 valence electrons. The van der Waals surface area contributed by atoms with Gasteiger partial charge in [0.1, 0.15) is 6.33 Å². The summed E-state index contributed by atoms with van der Waals surface area (Å²) in [6.07, 6.45) is 1.68. The summed E-state index contributed by atoms with van der Waals surface area (Å²) in [7, 11) is 0. The van der Waals surface area contributed by atoms with Gasteiger partial charge in [-0.15, -0.1) is 10.2 Å². The number of thioether (sulfide) groups is 1. The maximum Gasteiger partial charge on any atom is 0.237 e. The normalized spacial score (nSPS) is 15.8. The van der Waals surface area contributed by atoms with E-state index < -0.39 is 0 Å². The van der Waals surface area contributed by atoms with Crippen LogP contribution in [0.4, 0.5) is 11.4 Å². The predicted octanol–water partition coefficient (Wildman–Crippen LogP) is 2.25. The largest absolute Gasteiger partial charge is 0.378 e. The van der Waals surface area contributed by atoms with Gasteiger partial charge in [-0.3, -0.25) is 4.79 Å². The fourth-order valence-electron chi connectivity index (χ4n) is 2.59. The average molecular weight is 361 g/mol. The number of hydrogen-bond acceptors (Lipinski definition) is 6. The zero-order valence-electron chi connectivity index (χ0n) is 14.5. The molecule has 1 saturated heterocycles. The Labute approximate surface area is 151 Å². The van der Waals surface area contributed by atoms with Crippen LogP contribution < -0.4 is 10.2 Å². The van der Waals surface area contributed by atoms with Gasteiger partial charge in [0.05, 0.1) is 18.5 Å². The highest BCUT2D eigenvalue weighted by molar-refractivity contribution is 8.00. The third-order valence-corrected chi connectivity index (χ3v) is 5.18. The molecule has 2 aromatic rings. The molecule has 0 radical (unpaired) electrons. The summed E-state index contributed by atoms with van der Waals surface area (Å²) in [6, 6.07) is 7.95. The number of morpholine rings is 1. The smallest absolute Gasteiger partial charge is 0.237 e. The van der Waals surface area contributed by atoms with E-state index in [1.54, 1.807) is 6.33 Å². The number of hydrogen-bond donors (Lipinski definition) is 1. The number of aromatic nitrogens is 3. The molecule has 8 heteroatoms. The van der Waals surface area contributed by atoms with E-state index in [0.717, 1.165) is 49.4 Å². The van der Waals surface area contributed by atoms with Gasteiger partial charge in [-0.1, -0.05) is 11.8 Å². The van der Waals surface area contributed by atoms with Crippen molar-refractivity contribution >= 4 is 29.0 Å². The summed E-state index contributed by atoms with van der Waals surface area (Å²) in [5.74, 6) is -0.0465. The lowest BCUT2D eigenvalue weighted by Gasteiger charge is -2.28. The Morgan fingerprint density at radius 1 is 1.32 bits per heavy atom. The molecule has 0 bridgehead atoms. The van der Waals surface area contributed by atoms with E-state index in [9.17, 15) is 4.79 Å². The number of ether oxygens (including phenoxy) is 1. The number of nitrogens with zero attached hydrogens (tertiary/aromatic N) is 4. The molecular formula is C17H23N5O2S. The number of anilines is 2. The fourth-order valence-corrected chi connectivity index (χ4v) is 3.47. The van der Waals surface area contributed by atoms with Crippen molar-refractivity contribution < 1.29 is 9.53 Å². The molecule has 0 spiro atoms. The standard InChI is InChI=1S/C17H23N5O2S/c1-3-21-12-18-20-17(21)25-13(2)16(23)19-14-4-6-15(7-5-14)22-8-10-24-11-9-22/h4-7,12-13H,3,8-11H2,1-2H3,(H,19,23)/t13-/m1/s1. The minimum absolute atomic E-state index is 0.0465. The Morgan fingerprint density at radius 3 is 2.72 bits per heavy atom. The van der Waals surface area contributed by atoms with Crippen molar-refractivity contribution in [3.63, 3.8) is 0 Å². The van der Waals surface area contributed by atoms with Gasteiger partial charge in [-0.25, -0.2) is 0 Å². The summed E-state index contributed by atoms with van der Waals surface area (Å²) in [5, 5.41) is 11.4. The third kappa shape index (κ3) is 4.52. The van der Waals surface area contributed by atoms with Gasteiger partial charge in [-0.05, 0) is 38.1 Å². The van der Waals surface area contributed by atoms with Crippen LogP contribution in [0.25, 0.3) is 0 Å². The van der Waals surface area contributed by atoms with Crippen molar-refractivity contribution in [3.05, 3.63) is 30.6 Å². The Morgan fingerprint density at radius 2 is 2.04 bits per heavy atom. The lowest BCUT2D eigenvalue weighted by atomic mass is 10.2. The van der Waals surface area contributed by atoms with E-state index in [-0.39, 0.29) is 11.2 Å². The first-order chi connectivity index (χ1) is 12.2. The number of carbonyl (C=O) groups excluding carboxylic acids is 1. The van der Waals surface area contributed by atoms with E-state index in [0.29, 0.717) is 0 Å². The molecule has 1 aromatic carbocycles. The van der Waals surface area contributed by atoms with E-state index in [1.165, 1.54) is 11.8 Å². The second kappa shape index (κ2) is 8.35. The maximum absolute atomic E-state index is 12.4. The summed E-state index contributed by atoms with van der Waals surface area (Å²) in [6.45, 7) is 8.00. The van der Waals surface area contributed by atoms with Gasteiger partial charge in [0.2, 0.25) is 5.91 Å². The molecule has 1 atom stereocenters. The van der Waals surface area contributed by atoms with Crippen LogP contribution in [0.15, 0.2) is 35.7 Å². The van der Waals surface area contributed by atoms with E-state index >= 15 is 0 Å². The number of amides is 1. The topological polar surface area (TPSA) is 72.3 Å². The first-order valence-electron chi connectivity index (χ1n) is 8.45. The van der Waals surface area contributed by atoms with Crippen molar-refractivity contribution in [2.24, 2.45) is 0 Å². The minimum Gasteiger partial charge on any atom is -0.378 e. The van der Waals surface area contributed by atoms with Crippen molar-refractivity contribution in [1.82, 2.24) is 14.8 Å². The minimum atomic E-state index is -0.256. The summed E-state index contributed by atoms with van der Waals surface area (Å²) < 4.78 is 7.29. The number of aryl methyl sites for hydroxylation is 1. The molecule has 1 aliphatic heterocycles. The van der Waals surface area contributed by atoms with Crippen molar-refractivity contribution in [3.8, 4) is 0 Å². The highest BCUT2D eigenvalue weighted by atomic mass is 32.2. The molecule has 1 fully saturated rings. The SMILES string of the molecule is CCn1cnnc1S[C@H](C)C(=O)Nc1ccc(N2CCOCC2)cc1. The second-order valence-corrected chi connectivity index (χ2v) is 7.10. The number of benzene rings is 1. The third-order valence-electron chi connectivity index (χ3n) is 4.08. The molecule has 1 N–H and O–H groups in total. The molecule has 1 aliphatic rings. The van der Waals surface area contributed by atoms with Crippen LogP contribution in [-0.4, -0.2) is 52.2 Å². The van der Waals surface area contributed by atoms with Crippen molar-refractivity contribution in [2.45, 2.75) is 30.8 Å². The number of carbonyl (C=O) groups is 1. The van der Waals surface area contributed by atoms with Crippen LogP contribution >= 0.6 is 11.8 Å². The van der Waals surface area contributed by atoms with Gasteiger partial charge >= 0.3 is 0 Å². The highest BCUT2D eigenvalue weighted by Gasteiger charge is 2.18. The van der Waals surface area contributed by atoms with Crippen LogP contribution in [0.3, 0.4) is 0 Å². The van der Waals surface area contributed by atoms with Gasteiger partial charge in [0, 0.05) is 31.0 Å². The maximum atomic E-state index is 12.4. The lowest BCUT2D eigenvalue weighted by molar-refractivity contribution is -0.115. The molecule has 1 aromatic heterocycles. The Kier molecular flexibility index (Phi) is 5.93. The highest BCUT2D eigenvalue weighted by Crippen LogP contribution is 2.23. The predicted molar refractivity (Wildman–Crippen MR) is 99.1 cm³/mol. The van der Waals surface area contributed by atoms with Gasteiger partial charge < -0.3 is 19.5 Å². The summed E-state index contributed by atoms with van der Waals surface area (Å²) in [4.78, 5) is 14.7. The second-order valence-electron chi connectivity index (χ2n) is 5.80. The summed E-state index contributed by atoms with van der Waals surface area (Å²) in [5.41, 5.74) is 1.95. The Bertz CT molecular complexity index is 697. The van der Waals surface area contributed by atoms with Gasteiger partial charge in [-0.2, -0.15) is 0 Å². The van der Waals surface area contributed by atoms with E-state index in [4.69, 9.17) is 4.74 Å². The van der Waals surface area contributed by atoms with Crippen LogP contribution in [-0.2, 0) is 16.1 Å². The Balaban J connectivity index is 1.56. The zero-order valence-corrected chi connectivity index (χ0v) is 15.3. The average Bonchev–Trinajstić information content (AvgIpc) is 3.10. The molecule has 7 nitrogen and oxygen atoms in total. The first-order valence-corrected chi connectivity index (χ1v) is 9.33. The van der Waals surface area contributed by atoms with E-state index in [2.05, 4.69) is 20.4 Å². The quantitative estimate of drug-likeness (QED) is 0.796. The molecule has 0 saturated carbocycles. The van der Waals surface area contributed by atoms with Crippen LogP contribution in [0.1, 0.15) is 13.8 Å². The fraction of sp³-hybridized carbons (Fsp3) is 0.471. The molecule has 0 unspecified atom stereocenters.